The van der Waals surface area contributed by atoms with E-state index in [-0.39, 0.29) is 11.8 Å². The zero-order chi connectivity index (χ0) is 29.1. The molecule has 214 valence electrons. The summed E-state index contributed by atoms with van der Waals surface area (Å²) in [6, 6.07) is 14.3. The highest BCUT2D eigenvalue weighted by Crippen LogP contribution is 2.42. The number of amides is 2. The Balaban J connectivity index is 0.000000649. The van der Waals surface area contributed by atoms with Gasteiger partial charge in [0.15, 0.2) is 17.3 Å². The van der Waals surface area contributed by atoms with Crippen molar-refractivity contribution in [3.8, 4) is 28.4 Å². The van der Waals surface area contributed by atoms with Crippen LogP contribution >= 0.6 is 0 Å². The summed E-state index contributed by atoms with van der Waals surface area (Å²) in [4.78, 5) is 24.7. The second kappa shape index (κ2) is 14.9. The molecule has 1 aliphatic rings. The maximum Gasteiger partial charge on any atom is 0.323 e. The molecular formula is C31H39N3O6. The van der Waals surface area contributed by atoms with Crippen molar-refractivity contribution >= 4 is 23.2 Å². The number of nitrogens with one attached hydrogen (secondary N) is 3. The number of hydrogen-bond donors (Lipinski definition) is 3. The van der Waals surface area contributed by atoms with E-state index in [0.717, 1.165) is 49.5 Å². The normalized spacial score (nSPS) is 12.4. The number of carbonyl (C=O) groups excluding carboxylic acids is 2. The van der Waals surface area contributed by atoms with Gasteiger partial charge in [-0.2, -0.15) is 0 Å². The zero-order valence-corrected chi connectivity index (χ0v) is 24.1. The van der Waals surface area contributed by atoms with Crippen molar-refractivity contribution in [1.82, 2.24) is 5.32 Å². The topological polar surface area (TPSA) is 107 Å². The van der Waals surface area contributed by atoms with Gasteiger partial charge in [0.25, 0.3) is 0 Å². The Morgan fingerprint density at radius 3 is 2.15 bits per heavy atom. The molecule has 3 aromatic carbocycles. The molecule has 0 atom stereocenters. The van der Waals surface area contributed by atoms with Crippen molar-refractivity contribution in [3.05, 3.63) is 65.2 Å². The highest BCUT2D eigenvalue weighted by molar-refractivity contribution is 6.01. The maximum absolute atomic E-state index is 12.8. The number of morpholine rings is 1. The standard InChI is InChI=1S/C27H30N2O5.C4H9NO/c1-7-18-8-11-23(16(2)12-18)29-27(31)28-20-14-22(26(34-6)25(15-20)33-5)19-9-10-21(17(3)30)24(13-19)32-4;1-3-6-4-2-5-1/h8-15H,7H2,1-6H3,(H2,28,29,31);5H,1-4H2. The number of methoxy groups -OCH3 is 3. The van der Waals surface area contributed by atoms with Gasteiger partial charge in [-0.05, 0) is 61.2 Å². The summed E-state index contributed by atoms with van der Waals surface area (Å²) >= 11 is 0. The Morgan fingerprint density at radius 2 is 1.62 bits per heavy atom. The maximum atomic E-state index is 12.8. The Hall–Kier alpha value is -4.08. The summed E-state index contributed by atoms with van der Waals surface area (Å²) in [5, 5.41) is 8.92. The highest BCUT2D eigenvalue weighted by Gasteiger charge is 2.18. The Bertz CT molecular complexity index is 1310. The molecule has 0 aromatic heterocycles. The first-order valence-corrected chi connectivity index (χ1v) is 13.2. The number of ketones is 1. The first-order chi connectivity index (χ1) is 19.3. The number of aryl methyl sites for hydroxylation is 2. The third-order valence-corrected chi connectivity index (χ3v) is 6.42. The van der Waals surface area contributed by atoms with E-state index >= 15 is 0 Å². The Kier molecular flexibility index (Phi) is 11.4. The fourth-order valence-electron chi connectivity index (χ4n) is 4.29. The van der Waals surface area contributed by atoms with Crippen molar-refractivity contribution in [2.75, 3.05) is 58.3 Å². The lowest BCUT2D eigenvalue weighted by molar-refractivity contribution is 0.101. The van der Waals surface area contributed by atoms with Crippen molar-refractivity contribution in [2.45, 2.75) is 27.2 Å². The van der Waals surface area contributed by atoms with Crippen LogP contribution in [0.15, 0.2) is 48.5 Å². The molecule has 1 saturated heterocycles. The van der Waals surface area contributed by atoms with Gasteiger partial charge < -0.3 is 34.9 Å². The van der Waals surface area contributed by atoms with E-state index in [1.807, 2.05) is 19.1 Å². The number of hydrogen-bond acceptors (Lipinski definition) is 7. The molecule has 9 heteroatoms. The van der Waals surface area contributed by atoms with Gasteiger partial charge >= 0.3 is 6.03 Å². The number of urea groups is 1. The van der Waals surface area contributed by atoms with Crippen LogP contribution in [0.3, 0.4) is 0 Å². The summed E-state index contributed by atoms with van der Waals surface area (Å²) < 4.78 is 21.5. The third-order valence-electron chi connectivity index (χ3n) is 6.42. The average Bonchev–Trinajstić information content (AvgIpc) is 2.98. The monoisotopic (exact) mass is 549 g/mol. The number of benzene rings is 3. The number of carbonyl (C=O) groups is 2. The van der Waals surface area contributed by atoms with Crippen LogP contribution in [0.4, 0.5) is 16.2 Å². The average molecular weight is 550 g/mol. The molecule has 9 nitrogen and oxygen atoms in total. The Labute approximate surface area is 236 Å². The van der Waals surface area contributed by atoms with Crippen LogP contribution in [0, 0.1) is 6.92 Å². The van der Waals surface area contributed by atoms with Crippen LogP contribution in [-0.2, 0) is 11.2 Å². The number of ether oxygens (including phenoxy) is 4. The second-order valence-electron chi connectivity index (χ2n) is 9.17. The molecule has 0 unspecified atom stereocenters. The molecule has 40 heavy (non-hydrogen) atoms. The molecule has 4 rings (SSSR count). The summed E-state index contributed by atoms with van der Waals surface area (Å²) in [6.07, 6.45) is 0.930. The molecule has 3 aromatic rings. The van der Waals surface area contributed by atoms with Crippen molar-refractivity contribution in [1.29, 1.82) is 0 Å². The SMILES string of the molecule is C1COCCN1.CCc1ccc(NC(=O)Nc2cc(OC)c(OC)c(-c3ccc(C(C)=O)c(OC)c3)c2)c(C)c1. The molecule has 1 heterocycles. The van der Waals surface area contributed by atoms with Crippen molar-refractivity contribution < 1.29 is 28.5 Å². The predicted molar refractivity (Wildman–Crippen MR) is 158 cm³/mol. The fraction of sp³-hybridized carbons (Fsp3) is 0.355. The first kappa shape index (κ1) is 30.5. The fourth-order valence-corrected chi connectivity index (χ4v) is 4.29. The van der Waals surface area contributed by atoms with E-state index in [4.69, 9.17) is 18.9 Å². The largest absolute Gasteiger partial charge is 0.496 e. The van der Waals surface area contributed by atoms with Gasteiger partial charge in [0.05, 0.1) is 40.1 Å². The van der Waals surface area contributed by atoms with E-state index in [1.165, 1.54) is 26.7 Å². The first-order valence-electron chi connectivity index (χ1n) is 13.2. The van der Waals surface area contributed by atoms with Crippen molar-refractivity contribution in [3.63, 3.8) is 0 Å². The molecule has 0 saturated carbocycles. The quantitative estimate of drug-likeness (QED) is 0.309. The van der Waals surface area contributed by atoms with E-state index in [9.17, 15) is 9.59 Å². The number of Topliss-reactive ketones (excluding diaryl/α,β-unsaturated/α-hetero) is 1. The van der Waals surface area contributed by atoms with E-state index in [1.54, 1.807) is 37.4 Å². The van der Waals surface area contributed by atoms with Crippen LogP contribution in [-0.4, -0.2) is 59.4 Å². The zero-order valence-electron chi connectivity index (χ0n) is 24.1. The minimum absolute atomic E-state index is 0.0951. The smallest absolute Gasteiger partial charge is 0.323 e. The van der Waals surface area contributed by atoms with E-state index < -0.39 is 0 Å². The summed E-state index contributed by atoms with van der Waals surface area (Å²) in [5.74, 6) is 1.31. The summed E-state index contributed by atoms with van der Waals surface area (Å²) in [7, 11) is 4.59. The molecule has 1 aliphatic heterocycles. The van der Waals surface area contributed by atoms with Crippen LogP contribution in [0.25, 0.3) is 11.1 Å². The molecule has 3 N–H and O–H groups in total. The lowest BCUT2D eigenvalue weighted by atomic mass is 9.99. The van der Waals surface area contributed by atoms with Crippen LogP contribution in [0.1, 0.15) is 35.3 Å². The Morgan fingerprint density at radius 1 is 0.900 bits per heavy atom. The molecule has 0 spiro atoms. The summed E-state index contributed by atoms with van der Waals surface area (Å²) in [5.41, 5.74) is 5.35. The van der Waals surface area contributed by atoms with E-state index in [2.05, 4.69) is 28.9 Å². The molecule has 0 aliphatic carbocycles. The predicted octanol–water partition coefficient (Wildman–Crippen LogP) is 5.70. The lowest BCUT2D eigenvalue weighted by Crippen LogP contribution is -2.30. The molecule has 1 fully saturated rings. The number of rotatable bonds is 8. The van der Waals surface area contributed by atoms with Gasteiger partial charge in [-0.3, -0.25) is 4.79 Å². The number of anilines is 2. The van der Waals surface area contributed by atoms with Gasteiger partial charge in [-0.1, -0.05) is 25.1 Å². The van der Waals surface area contributed by atoms with Crippen LogP contribution < -0.4 is 30.2 Å². The van der Waals surface area contributed by atoms with Crippen molar-refractivity contribution in [2.24, 2.45) is 0 Å². The van der Waals surface area contributed by atoms with Crippen LogP contribution in [0.5, 0.6) is 17.2 Å². The van der Waals surface area contributed by atoms with Crippen LogP contribution in [0.2, 0.25) is 0 Å². The third kappa shape index (κ3) is 7.97. The highest BCUT2D eigenvalue weighted by atomic mass is 16.5. The lowest BCUT2D eigenvalue weighted by Gasteiger charge is -2.17. The van der Waals surface area contributed by atoms with Gasteiger partial charge in [-0.25, -0.2) is 4.79 Å². The minimum Gasteiger partial charge on any atom is -0.496 e. The molecule has 0 radical (unpaired) electrons. The van der Waals surface area contributed by atoms with E-state index in [0.29, 0.717) is 34.1 Å². The van der Waals surface area contributed by atoms with Gasteiger partial charge in [0.1, 0.15) is 5.75 Å². The molecule has 2 amide bonds. The molecule has 0 bridgehead atoms. The second-order valence-corrected chi connectivity index (χ2v) is 9.17. The molecular weight excluding hydrogens is 510 g/mol. The van der Waals surface area contributed by atoms with Gasteiger partial charge in [0, 0.05) is 36.1 Å². The summed E-state index contributed by atoms with van der Waals surface area (Å²) in [6.45, 7) is 9.37. The minimum atomic E-state index is -0.380. The van der Waals surface area contributed by atoms with Gasteiger partial charge in [0.2, 0.25) is 0 Å². The van der Waals surface area contributed by atoms with Gasteiger partial charge in [-0.15, -0.1) is 0 Å².